The SMILES string of the molecule is Cc1c(C(=O)N[C@@H](C)c2ccc(N3CCC(C)CC3)cc2)cccc1[N+](=O)[O-]. The summed E-state index contributed by atoms with van der Waals surface area (Å²) in [5.74, 6) is 0.491. The minimum Gasteiger partial charge on any atom is -0.372 e. The molecule has 28 heavy (non-hydrogen) atoms. The van der Waals surface area contributed by atoms with Gasteiger partial charge in [-0.05, 0) is 56.4 Å². The molecular formula is C22H27N3O3. The van der Waals surface area contributed by atoms with Crippen LogP contribution < -0.4 is 10.2 Å². The molecule has 0 radical (unpaired) electrons. The molecule has 0 aromatic heterocycles. The van der Waals surface area contributed by atoms with E-state index in [-0.39, 0.29) is 17.6 Å². The fourth-order valence-electron chi connectivity index (χ4n) is 3.67. The van der Waals surface area contributed by atoms with E-state index < -0.39 is 4.92 Å². The molecule has 1 amide bonds. The molecule has 1 heterocycles. The fourth-order valence-corrected chi connectivity index (χ4v) is 3.67. The van der Waals surface area contributed by atoms with Crippen LogP contribution in [0, 0.1) is 23.0 Å². The van der Waals surface area contributed by atoms with E-state index in [1.165, 1.54) is 24.6 Å². The molecule has 2 aromatic carbocycles. The van der Waals surface area contributed by atoms with Crippen LogP contribution in [0.1, 0.15) is 54.2 Å². The number of carbonyl (C=O) groups is 1. The third-order valence-corrected chi connectivity index (χ3v) is 5.64. The Balaban J connectivity index is 1.68. The minimum absolute atomic E-state index is 0.0412. The Hall–Kier alpha value is -2.89. The molecule has 1 saturated heterocycles. The highest BCUT2D eigenvalue weighted by Crippen LogP contribution is 2.25. The van der Waals surface area contributed by atoms with Crippen molar-refractivity contribution in [1.29, 1.82) is 0 Å². The quantitative estimate of drug-likeness (QED) is 0.605. The first-order chi connectivity index (χ1) is 13.4. The molecule has 1 aliphatic heterocycles. The number of rotatable bonds is 5. The van der Waals surface area contributed by atoms with Crippen LogP contribution in [0.4, 0.5) is 11.4 Å². The molecule has 148 valence electrons. The number of benzene rings is 2. The molecule has 3 rings (SSSR count). The van der Waals surface area contributed by atoms with Crippen molar-refractivity contribution in [2.24, 2.45) is 5.92 Å². The van der Waals surface area contributed by atoms with Crippen molar-refractivity contribution in [3.8, 4) is 0 Å². The van der Waals surface area contributed by atoms with Gasteiger partial charge in [-0.15, -0.1) is 0 Å². The predicted octanol–water partition coefficient (Wildman–Crippen LogP) is 4.63. The normalized spacial score (nSPS) is 15.9. The van der Waals surface area contributed by atoms with Gasteiger partial charge in [0.25, 0.3) is 11.6 Å². The number of nitrogens with one attached hydrogen (secondary N) is 1. The maximum absolute atomic E-state index is 12.6. The maximum Gasteiger partial charge on any atom is 0.273 e. The van der Waals surface area contributed by atoms with Gasteiger partial charge in [-0.1, -0.05) is 25.1 Å². The number of anilines is 1. The van der Waals surface area contributed by atoms with Gasteiger partial charge < -0.3 is 10.2 Å². The summed E-state index contributed by atoms with van der Waals surface area (Å²) in [6.07, 6.45) is 2.44. The van der Waals surface area contributed by atoms with Crippen molar-refractivity contribution in [2.45, 2.75) is 39.7 Å². The molecule has 0 bridgehead atoms. The van der Waals surface area contributed by atoms with Crippen molar-refractivity contribution in [2.75, 3.05) is 18.0 Å². The third kappa shape index (κ3) is 4.32. The topological polar surface area (TPSA) is 75.5 Å². The summed E-state index contributed by atoms with van der Waals surface area (Å²) in [5, 5.41) is 14.0. The van der Waals surface area contributed by atoms with Gasteiger partial charge in [-0.2, -0.15) is 0 Å². The van der Waals surface area contributed by atoms with Gasteiger partial charge in [-0.25, -0.2) is 0 Å². The third-order valence-electron chi connectivity index (χ3n) is 5.64. The van der Waals surface area contributed by atoms with Crippen molar-refractivity contribution in [1.82, 2.24) is 5.32 Å². The van der Waals surface area contributed by atoms with Crippen LogP contribution in [0.3, 0.4) is 0 Å². The average Bonchev–Trinajstić information content (AvgIpc) is 2.68. The Labute approximate surface area is 165 Å². The smallest absolute Gasteiger partial charge is 0.273 e. The Morgan fingerprint density at radius 1 is 1.18 bits per heavy atom. The van der Waals surface area contributed by atoms with E-state index in [1.807, 2.05) is 19.1 Å². The first kappa shape index (κ1) is 19.9. The standard InChI is InChI=1S/C22H27N3O3/c1-15-11-13-24(14-12-15)19-9-7-18(8-10-19)17(3)23-22(26)20-5-4-6-21(16(20)2)25(27)28/h4-10,15,17H,11-14H2,1-3H3,(H,23,26)/t17-/m0/s1. The molecule has 6 nitrogen and oxygen atoms in total. The Morgan fingerprint density at radius 3 is 2.43 bits per heavy atom. The van der Waals surface area contributed by atoms with Gasteiger partial charge in [0.2, 0.25) is 0 Å². The van der Waals surface area contributed by atoms with Gasteiger partial charge in [-0.3, -0.25) is 14.9 Å². The van der Waals surface area contributed by atoms with E-state index in [9.17, 15) is 14.9 Å². The van der Waals surface area contributed by atoms with Crippen molar-refractivity contribution < 1.29 is 9.72 Å². The lowest BCUT2D eigenvalue weighted by atomic mass is 9.98. The summed E-state index contributed by atoms with van der Waals surface area (Å²) in [4.78, 5) is 25.7. The lowest BCUT2D eigenvalue weighted by Crippen LogP contribution is -2.32. The minimum atomic E-state index is -0.463. The fraction of sp³-hybridized carbons (Fsp3) is 0.409. The van der Waals surface area contributed by atoms with Gasteiger partial charge >= 0.3 is 0 Å². The van der Waals surface area contributed by atoms with E-state index in [1.54, 1.807) is 19.1 Å². The molecule has 2 aromatic rings. The number of nitrogens with zero attached hydrogens (tertiary/aromatic N) is 2. The second kappa shape index (κ2) is 8.42. The number of amides is 1. The van der Waals surface area contributed by atoms with Crippen LogP contribution in [0.2, 0.25) is 0 Å². The zero-order valence-electron chi connectivity index (χ0n) is 16.6. The monoisotopic (exact) mass is 381 g/mol. The summed E-state index contributed by atoms with van der Waals surface area (Å²) in [5.41, 5.74) is 2.89. The van der Waals surface area contributed by atoms with Crippen LogP contribution in [0.25, 0.3) is 0 Å². The van der Waals surface area contributed by atoms with Gasteiger partial charge in [0, 0.05) is 36.0 Å². The molecule has 0 aliphatic carbocycles. The van der Waals surface area contributed by atoms with Crippen molar-refractivity contribution in [3.63, 3.8) is 0 Å². The molecular weight excluding hydrogens is 354 g/mol. The second-order valence-electron chi connectivity index (χ2n) is 7.66. The van der Waals surface area contributed by atoms with E-state index in [2.05, 4.69) is 29.3 Å². The first-order valence-electron chi connectivity index (χ1n) is 9.76. The van der Waals surface area contributed by atoms with Crippen LogP contribution in [-0.2, 0) is 0 Å². The predicted molar refractivity (Wildman–Crippen MR) is 111 cm³/mol. The van der Waals surface area contributed by atoms with Crippen molar-refractivity contribution in [3.05, 3.63) is 69.3 Å². The van der Waals surface area contributed by atoms with E-state index in [4.69, 9.17) is 0 Å². The van der Waals surface area contributed by atoms with E-state index in [0.29, 0.717) is 11.1 Å². The summed E-state index contributed by atoms with van der Waals surface area (Å²) in [7, 11) is 0. The first-order valence-corrected chi connectivity index (χ1v) is 9.76. The van der Waals surface area contributed by atoms with Crippen LogP contribution in [0.5, 0.6) is 0 Å². The number of piperidine rings is 1. The molecule has 1 N–H and O–H groups in total. The Morgan fingerprint density at radius 2 is 1.82 bits per heavy atom. The van der Waals surface area contributed by atoms with Crippen molar-refractivity contribution >= 4 is 17.3 Å². The lowest BCUT2D eigenvalue weighted by Gasteiger charge is -2.32. The Kier molecular flexibility index (Phi) is 5.97. The molecule has 0 spiro atoms. The van der Waals surface area contributed by atoms with Crippen LogP contribution in [0.15, 0.2) is 42.5 Å². The lowest BCUT2D eigenvalue weighted by molar-refractivity contribution is -0.385. The zero-order chi connectivity index (χ0) is 20.3. The van der Waals surface area contributed by atoms with Gasteiger partial charge in [0.1, 0.15) is 0 Å². The van der Waals surface area contributed by atoms with E-state index in [0.717, 1.165) is 24.6 Å². The molecule has 1 aliphatic rings. The summed E-state index contributed by atoms with van der Waals surface area (Å²) in [6, 6.07) is 12.7. The molecule has 0 unspecified atom stereocenters. The molecule has 1 fully saturated rings. The number of nitro benzene ring substituents is 1. The highest BCUT2D eigenvalue weighted by atomic mass is 16.6. The zero-order valence-corrected chi connectivity index (χ0v) is 16.6. The number of nitro groups is 1. The number of hydrogen-bond donors (Lipinski definition) is 1. The Bertz CT molecular complexity index is 856. The highest BCUT2D eigenvalue weighted by molar-refractivity contribution is 5.96. The average molecular weight is 381 g/mol. The summed E-state index contributed by atoms with van der Waals surface area (Å²) in [6.45, 7) is 7.99. The van der Waals surface area contributed by atoms with Crippen LogP contribution >= 0.6 is 0 Å². The largest absolute Gasteiger partial charge is 0.372 e. The van der Waals surface area contributed by atoms with Crippen LogP contribution in [-0.4, -0.2) is 23.9 Å². The maximum atomic E-state index is 12.6. The van der Waals surface area contributed by atoms with Gasteiger partial charge in [0.15, 0.2) is 0 Å². The summed E-state index contributed by atoms with van der Waals surface area (Å²) < 4.78 is 0. The highest BCUT2D eigenvalue weighted by Gasteiger charge is 2.20. The number of carbonyl (C=O) groups excluding carboxylic acids is 1. The second-order valence-corrected chi connectivity index (χ2v) is 7.66. The summed E-state index contributed by atoms with van der Waals surface area (Å²) >= 11 is 0. The molecule has 6 heteroatoms. The molecule has 0 saturated carbocycles. The molecule has 1 atom stereocenters. The number of hydrogen-bond acceptors (Lipinski definition) is 4. The van der Waals surface area contributed by atoms with Gasteiger partial charge in [0.05, 0.1) is 11.0 Å². The van der Waals surface area contributed by atoms with E-state index >= 15 is 0 Å².